The summed E-state index contributed by atoms with van der Waals surface area (Å²) in [6.45, 7) is 0.242. The van der Waals surface area contributed by atoms with E-state index in [1.807, 2.05) is 12.1 Å². The van der Waals surface area contributed by atoms with E-state index in [0.717, 1.165) is 24.8 Å². The van der Waals surface area contributed by atoms with Gasteiger partial charge in [-0.3, -0.25) is 0 Å². The summed E-state index contributed by atoms with van der Waals surface area (Å²) in [7, 11) is -1.89. The highest BCUT2D eigenvalue weighted by Gasteiger charge is 2.23. The van der Waals surface area contributed by atoms with Gasteiger partial charge in [-0.15, -0.1) is 0 Å². The first kappa shape index (κ1) is 13.4. The van der Waals surface area contributed by atoms with Gasteiger partial charge >= 0.3 is 0 Å². The van der Waals surface area contributed by atoms with Gasteiger partial charge in [-0.2, -0.15) is 4.31 Å². The van der Waals surface area contributed by atoms with Gasteiger partial charge in [0, 0.05) is 7.05 Å². The molecule has 0 bridgehead atoms. The minimum absolute atomic E-state index is 0.242. The average molecular weight is 291 g/mol. The van der Waals surface area contributed by atoms with Crippen LogP contribution in [0, 0.1) is 0 Å². The highest BCUT2D eigenvalue weighted by atomic mass is 32.2. The van der Waals surface area contributed by atoms with Crippen LogP contribution in [-0.2, 0) is 29.4 Å². The molecule has 4 nitrogen and oxygen atoms in total. The van der Waals surface area contributed by atoms with E-state index >= 15 is 0 Å². The molecule has 0 N–H and O–H groups in total. The second-order valence-corrected chi connectivity index (χ2v) is 7.17. The molecule has 1 aromatic carbocycles. The van der Waals surface area contributed by atoms with Crippen molar-refractivity contribution in [3.05, 3.63) is 53.5 Å². The normalized spacial score (nSPS) is 14.7. The zero-order valence-corrected chi connectivity index (χ0v) is 12.2. The molecule has 0 spiro atoms. The first-order chi connectivity index (χ1) is 9.57. The standard InChI is InChI=1S/C15H17NO3S/c1-16(11-14-6-3-9-19-14)20(17,18)15-8-7-12-4-2-5-13(12)10-15/h3,6-10H,2,4-5,11H2,1H3. The molecule has 3 rings (SSSR count). The van der Waals surface area contributed by atoms with Crippen LogP contribution in [0.15, 0.2) is 45.9 Å². The van der Waals surface area contributed by atoms with E-state index < -0.39 is 10.0 Å². The van der Waals surface area contributed by atoms with Crippen molar-refractivity contribution in [3.8, 4) is 0 Å². The summed E-state index contributed by atoms with van der Waals surface area (Å²) in [6.07, 6.45) is 4.69. The SMILES string of the molecule is CN(Cc1ccco1)S(=O)(=O)c1ccc2c(c1)CCC2. The third-order valence-corrected chi connectivity index (χ3v) is 5.54. The molecule has 106 valence electrons. The van der Waals surface area contributed by atoms with Crippen LogP contribution in [0.25, 0.3) is 0 Å². The van der Waals surface area contributed by atoms with Crippen LogP contribution in [0.4, 0.5) is 0 Å². The summed E-state index contributed by atoms with van der Waals surface area (Å²) >= 11 is 0. The molecule has 1 heterocycles. The Kier molecular flexibility index (Phi) is 3.40. The van der Waals surface area contributed by atoms with Gasteiger partial charge in [-0.05, 0) is 54.7 Å². The Morgan fingerprint density at radius 3 is 2.75 bits per heavy atom. The Bertz CT molecular complexity index is 705. The second kappa shape index (κ2) is 5.07. The Morgan fingerprint density at radius 2 is 2.00 bits per heavy atom. The quantitative estimate of drug-likeness (QED) is 0.870. The maximum absolute atomic E-state index is 12.5. The van der Waals surface area contributed by atoms with E-state index in [1.165, 1.54) is 9.87 Å². The summed E-state index contributed by atoms with van der Waals surface area (Å²) < 4.78 is 31.6. The molecule has 0 amide bonds. The molecule has 0 aliphatic heterocycles. The van der Waals surface area contributed by atoms with E-state index in [-0.39, 0.29) is 6.54 Å². The van der Waals surface area contributed by atoms with E-state index in [0.29, 0.717) is 10.7 Å². The molecule has 0 saturated heterocycles. The molecular formula is C15H17NO3S. The lowest BCUT2D eigenvalue weighted by Gasteiger charge is -2.16. The van der Waals surface area contributed by atoms with Gasteiger partial charge in [0.15, 0.2) is 0 Å². The number of nitrogens with zero attached hydrogens (tertiary/aromatic N) is 1. The molecule has 1 aliphatic rings. The summed E-state index contributed by atoms with van der Waals surface area (Å²) in [5, 5.41) is 0. The van der Waals surface area contributed by atoms with Crippen molar-refractivity contribution in [1.29, 1.82) is 0 Å². The van der Waals surface area contributed by atoms with Crippen LogP contribution in [0.2, 0.25) is 0 Å². The molecule has 0 saturated carbocycles. The van der Waals surface area contributed by atoms with E-state index in [4.69, 9.17) is 4.42 Å². The van der Waals surface area contributed by atoms with Crippen LogP contribution in [-0.4, -0.2) is 19.8 Å². The fourth-order valence-electron chi connectivity index (χ4n) is 2.60. The third-order valence-electron chi connectivity index (χ3n) is 3.74. The molecule has 1 aromatic heterocycles. The van der Waals surface area contributed by atoms with E-state index in [2.05, 4.69) is 0 Å². The molecular weight excluding hydrogens is 274 g/mol. The van der Waals surface area contributed by atoms with Crippen LogP contribution < -0.4 is 0 Å². The number of aryl methyl sites for hydroxylation is 2. The predicted octanol–water partition coefficient (Wildman–Crippen LogP) is 2.59. The average Bonchev–Trinajstić information content (AvgIpc) is 3.07. The van der Waals surface area contributed by atoms with Gasteiger partial charge in [0.2, 0.25) is 10.0 Å². The molecule has 0 unspecified atom stereocenters. The lowest BCUT2D eigenvalue weighted by Crippen LogP contribution is -2.26. The molecule has 1 aliphatic carbocycles. The second-order valence-electron chi connectivity index (χ2n) is 5.12. The fraction of sp³-hybridized carbons (Fsp3) is 0.333. The van der Waals surface area contributed by atoms with Crippen LogP contribution >= 0.6 is 0 Å². The Hall–Kier alpha value is -1.59. The van der Waals surface area contributed by atoms with Crippen LogP contribution in [0.1, 0.15) is 23.3 Å². The number of furan rings is 1. The van der Waals surface area contributed by atoms with Gasteiger partial charge in [-0.1, -0.05) is 6.07 Å². The van der Waals surface area contributed by atoms with E-state index in [1.54, 1.807) is 31.5 Å². The largest absolute Gasteiger partial charge is 0.468 e. The number of benzene rings is 1. The molecule has 2 aromatic rings. The minimum atomic E-state index is -3.46. The number of rotatable bonds is 4. The Balaban J connectivity index is 1.87. The van der Waals surface area contributed by atoms with Crippen LogP contribution in [0.3, 0.4) is 0 Å². The number of fused-ring (bicyclic) bond motifs is 1. The third kappa shape index (κ3) is 2.39. The van der Waals surface area contributed by atoms with Gasteiger partial charge in [0.1, 0.15) is 5.76 Å². The van der Waals surface area contributed by atoms with E-state index in [9.17, 15) is 8.42 Å². The lowest BCUT2D eigenvalue weighted by atomic mass is 10.1. The molecule has 0 atom stereocenters. The molecule has 20 heavy (non-hydrogen) atoms. The van der Waals surface area contributed by atoms with Crippen molar-refractivity contribution in [3.63, 3.8) is 0 Å². The maximum atomic E-state index is 12.5. The monoisotopic (exact) mass is 291 g/mol. The van der Waals surface area contributed by atoms with Gasteiger partial charge in [-0.25, -0.2) is 8.42 Å². The van der Waals surface area contributed by atoms with Crippen molar-refractivity contribution >= 4 is 10.0 Å². The van der Waals surface area contributed by atoms with Crippen molar-refractivity contribution in [2.45, 2.75) is 30.7 Å². The zero-order valence-electron chi connectivity index (χ0n) is 11.4. The van der Waals surface area contributed by atoms with Crippen molar-refractivity contribution < 1.29 is 12.8 Å². The topological polar surface area (TPSA) is 50.5 Å². The number of sulfonamides is 1. The van der Waals surface area contributed by atoms with Gasteiger partial charge < -0.3 is 4.42 Å². The lowest BCUT2D eigenvalue weighted by molar-refractivity contribution is 0.406. The van der Waals surface area contributed by atoms with Crippen molar-refractivity contribution in [2.24, 2.45) is 0 Å². The van der Waals surface area contributed by atoms with Gasteiger partial charge in [0.25, 0.3) is 0 Å². The van der Waals surface area contributed by atoms with Crippen molar-refractivity contribution in [1.82, 2.24) is 4.31 Å². The summed E-state index contributed by atoms with van der Waals surface area (Å²) in [4.78, 5) is 0.368. The molecule has 5 heteroatoms. The first-order valence-electron chi connectivity index (χ1n) is 6.68. The summed E-state index contributed by atoms with van der Waals surface area (Å²) in [5.41, 5.74) is 2.44. The minimum Gasteiger partial charge on any atom is -0.468 e. The summed E-state index contributed by atoms with van der Waals surface area (Å²) in [5.74, 6) is 0.636. The first-order valence-corrected chi connectivity index (χ1v) is 8.12. The predicted molar refractivity (Wildman–Crippen MR) is 75.8 cm³/mol. The Labute approximate surface area is 119 Å². The highest BCUT2D eigenvalue weighted by molar-refractivity contribution is 7.89. The molecule has 0 fully saturated rings. The molecule has 0 radical (unpaired) electrons. The van der Waals surface area contributed by atoms with Crippen molar-refractivity contribution in [2.75, 3.05) is 7.05 Å². The number of hydrogen-bond acceptors (Lipinski definition) is 3. The van der Waals surface area contributed by atoms with Crippen LogP contribution in [0.5, 0.6) is 0 Å². The smallest absolute Gasteiger partial charge is 0.243 e. The van der Waals surface area contributed by atoms with Gasteiger partial charge in [0.05, 0.1) is 17.7 Å². The highest BCUT2D eigenvalue weighted by Crippen LogP contribution is 2.26. The maximum Gasteiger partial charge on any atom is 0.243 e. The summed E-state index contributed by atoms with van der Waals surface area (Å²) in [6, 6.07) is 8.99. The Morgan fingerprint density at radius 1 is 1.20 bits per heavy atom. The zero-order chi connectivity index (χ0) is 14.2. The fourth-order valence-corrected chi connectivity index (χ4v) is 3.78. The number of hydrogen-bond donors (Lipinski definition) is 0.